The maximum Gasteiger partial charge on any atom is 0.331 e. The van der Waals surface area contributed by atoms with E-state index in [0.717, 1.165) is 39.3 Å². The van der Waals surface area contributed by atoms with Crippen LogP contribution in [-0.2, 0) is 13.6 Å². The van der Waals surface area contributed by atoms with Gasteiger partial charge in [0.2, 0.25) is 5.88 Å². The number of nitrogen functional groups attached to an aromatic ring is 1. The van der Waals surface area contributed by atoms with Crippen molar-refractivity contribution in [2.75, 3.05) is 24.3 Å². The van der Waals surface area contributed by atoms with Crippen molar-refractivity contribution in [2.45, 2.75) is 25.8 Å². The molecule has 0 spiro atoms. The molecule has 1 aromatic heterocycles. The Balaban J connectivity index is 1.54. The Morgan fingerprint density at radius 3 is 2.52 bits per heavy atom. The Bertz CT molecular complexity index is 1130. The first-order chi connectivity index (χ1) is 14.9. The quantitative estimate of drug-likeness (QED) is 0.334. The average molecular weight is 486 g/mol. The Morgan fingerprint density at radius 1 is 1.23 bits per heavy atom. The van der Waals surface area contributed by atoms with Gasteiger partial charge in [-0.05, 0) is 51.0 Å². The van der Waals surface area contributed by atoms with E-state index < -0.39 is 0 Å². The molecule has 0 bridgehead atoms. The van der Waals surface area contributed by atoms with Crippen LogP contribution in [-0.4, -0.2) is 27.8 Å². The van der Waals surface area contributed by atoms with Crippen LogP contribution in [0, 0.1) is 5.92 Å². The van der Waals surface area contributed by atoms with E-state index in [-0.39, 0.29) is 11.6 Å². The van der Waals surface area contributed by atoms with Crippen molar-refractivity contribution >= 4 is 27.3 Å². The maximum absolute atomic E-state index is 12.1. The molecule has 2 aromatic carbocycles. The molecule has 0 unspecified atom stereocenters. The number of nitrogens with one attached hydrogen (secondary N) is 1. The third kappa shape index (κ3) is 4.50. The highest BCUT2D eigenvalue weighted by Crippen LogP contribution is 2.39. The van der Waals surface area contributed by atoms with E-state index in [4.69, 9.17) is 5.73 Å². The number of imidazole rings is 1. The zero-order valence-electron chi connectivity index (χ0n) is 17.8. The predicted molar refractivity (Wildman–Crippen MR) is 128 cm³/mol. The van der Waals surface area contributed by atoms with Gasteiger partial charge in [0.15, 0.2) is 0 Å². The topological polar surface area (TPSA) is 88.5 Å². The van der Waals surface area contributed by atoms with Crippen LogP contribution >= 0.6 is 15.9 Å². The minimum atomic E-state index is -0.247. The Kier molecular flexibility index (Phi) is 6.11. The van der Waals surface area contributed by atoms with Crippen LogP contribution in [0.25, 0.3) is 11.1 Å². The van der Waals surface area contributed by atoms with Gasteiger partial charge in [0, 0.05) is 20.6 Å². The van der Waals surface area contributed by atoms with Gasteiger partial charge in [-0.2, -0.15) is 0 Å². The molecule has 0 radical (unpaired) electrons. The molecule has 0 atom stereocenters. The molecule has 1 heterocycles. The van der Waals surface area contributed by atoms with Crippen molar-refractivity contribution in [2.24, 2.45) is 13.0 Å². The largest absolute Gasteiger partial charge is 0.493 e. The number of hydrogen-bond acceptors (Lipinski definition) is 5. The number of nitrogens with two attached hydrogens (primary N) is 1. The molecule has 1 aliphatic rings. The molecule has 1 aliphatic carbocycles. The normalized spacial score (nSPS) is 13.5. The molecule has 0 amide bonds. The molecule has 0 aliphatic heterocycles. The second kappa shape index (κ2) is 8.80. The summed E-state index contributed by atoms with van der Waals surface area (Å²) in [6.07, 6.45) is 5.30. The highest BCUT2D eigenvalue weighted by molar-refractivity contribution is 9.10. The molecule has 0 saturated heterocycles. The summed E-state index contributed by atoms with van der Waals surface area (Å²) >= 11 is 3.69. The number of benzene rings is 2. The number of rotatable bonds is 8. The van der Waals surface area contributed by atoms with Crippen LogP contribution in [0.4, 0.5) is 11.4 Å². The van der Waals surface area contributed by atoms with Gasteiger partial charge in [-0.25, -0.2) is 10.2 Å². The zero-order valence-corrected chi connectivity index (χ0v) is 19.4. The van der Waals surface area contributed by atoms with E-state index in [1.54, 1.807) is 7.05 Å². The van der Waals surface area contributed by atoms with Crippen molar-refractivity contribution in [1.29, 1.82) is 0 Å². The lowest BCUT2D eigenvalue weighted by molar-refractivity contribution is 0.429. The molecule has 1 fully saturated rings. The molecule has 31 heavy (non-hydrogen) atoms. The van der Waals surface area contributed by atoms with Gasteiger partial charge in [-0.15, -0.1) is 0 Å². The second-order valence-electron chi connectivity index (χ2n) is 8.12. The van der Waals surface area contributed by atoms with Gasteiger partial charge in [0.05, 0.1) is 28.6 Å². The van der Waals surface area contributed by atoms with Crippen LogP contribution < -0.4 is 21.9 Å². The summed E-state index contributed by atoms with van der Waals surface area (Å²) in [7, 11) is 3.47. The Morgan fingerprint density at radius 2 is 1.94 bits per heavy atom. The van der Waals surface area contributed by atoms with Gasteiger partial charge in [0.25, 0.3) is 0 Å². The van der Waals surface area contributed by atoms with E-state index >= 15 is 0 Å². The van der Waals surface area contributed by atoms with E-state index in [9.17, 15) is 9.90 Å². The summed E-state index contributed by atoms with van der Waals surface area (Å²) in [5.74, 6) is 0.808. The lowest BCUT2D eigenvalue weighted by Gasteiger charge is -2.26. The maximum atomic E-state index is 12.1. The van der Waals surface area contributed by atoms with Gasteiger partial charge in [0.1, 0.15) is 0 Å². The third-order valence-electron chi connectivity index (χ3n) is 5.94. The number of nitrogens with zero attached hydrogens (tertiary/aromatic N) is 3. The second-order valence-corrected chi connectivity index (χ2v) is 8.91. The smallest absolute Gasteiger partial charge is 0.331 e. The highest BCUT2D eigenvalue weighted by Gasteiger charge is 2.23. The summed E-state index contributed by atoms with van der Waals surface area (Å²) in [6.45, 7) is 1.33. The van der Waals surface area contributed by atoms with Crippen LogP contribution in [0.3, 0.4) is 0 Å². The standard InChI is InChI=1S/C23H28BrN5O2/c1-26-29(12-11-15-3-4-15)19-10-9-18(21(24)22(19)25)17-7-5-16(6-8-17)13-28-14-20(30)27(2)23(28)31/h5-10,14-15,26,30H,3-4,11-13,25H2,1-2H3. The minimum Gasteiger partial charge on any atom is -0.493 e. The lowest BCUT2D eigenvalue weighted by Crippen LogP contribution is -2.36. The Hall–Kier alpha value is -2.71. The number of anilines is 2. The zero-order chi connectivity index (χ0) is 22.1. The van der Waals surface area contributed by atoms with Gasteiger partial charge >= 0.3 is 5.69 Å². The van der Waals surface area contributed by atoms with Crippen LogP contribution in [0.1, 0.15) is 24.8 Å². The summed E-state index contributed by atoms with van der Waals surface area (Å²) in [4.78, 5) is 12.1. The molecule has 4 rings (SSSR count). The third-order valence-corrected chi connectivity index (χ3v) is 6.80. The number of hydrazine groups is 1. The molecule has 164 valence electrons. The number of aromatic nitrogens is 2. The molecule has 3 aromatic rings. The van der Waals surface area contributed by atoms with E-state index in [2.05, 4.69) is 38.5 Å². The van der Waals surface area contributed by atoms with Crippen molar-refractivity contribution in [3.63, 3.8) is 0 Å². The van der Waals surface area contributed by atoms with E-state index in [1.807, 2.05) is 31.3 Å². The van der Waals surface area contributed by atoms with Crippen LogP contribution in [0.15, 0.2) is 51.9 Å². The predicted octanol–water partition coefficient (Wildman–Crippen LogP) is 3.69. The fraction of sp³-hybridized carbons (Fsp3) is 0.348. The lowest BCUT2D eigenvalue weighted by atomic mass is 10.0. The number of halogens is 1. The molecule has 1 saturated carbocycles. The summed E-state index contributed by atoms with van der Waals surface area (Å²) in [5.41, 5.74) is 14.2. The molecule has 8 heteroatoms. The summed E-state index contributed by atoms with van der Waals surface area (Å²) < 4.78 is 3.57. The van der Waals surface area contributed by atoms with Gasteiger partial charge < -0.3 is 15.8 Å². The SMILES string of the molecule is CNN(CCC1CC1)c1ccc(-c2ccc(Cn3cc(O)n(C)c3=O)cc2)c(Br)c1N. The highest BCUT2D eigenvalue weighted by atomic mass is 79.9. The van der Waals surface area contributed by atoms with Gasteiger partial charge in [-0.3, -0.25) is 9.13 Å². The molecule has 4 N–H and O–H groups in total. The van der Waals surface area contributed by atoms with E-state index in [0.29, 0.717) is 12.2 Å². The fourth-order valence-corrected chi connectivity index (χ4v) is 4.35. The first-order valence-electron chi connectivity index (χ1n) is 10.5. The first kappa shape index (κ1) is 21.5. The van der Waals surface area contributed by atoms with Gasteiger partial charge in [-0.1, -0.05) is 43.2 Å². The average Bonchev–Trinajstić information content (AvgIpc) is 3.56. The van der Waals surface area contributed by atoms with Crippen LogP contribution in [0.2, 0.25) is 0 Å². The monoisotopic (exact) mass is 485 g/mol. The summed E-state index contributed by atoms with van der Waals surface area (Å²) in [6, 6.07) is 12.1. The molecular weight excluding hydrogens is 458 g/mol. The number of aromatic hydroxyl groups is 1. The first-order valence-corrected chi connectivity index (χ1v) is 11.3. The molecular formula is C23H28BrN5O2. The van der Waals surface area contributed by atoms with E-state index in [1.165, 1.54) is 34.6 Å². The fourth-order valence-electron chi connectivity index (χ4n) is 3.78. The van der Waals surface area contributed by atoms with Crippen molar-refractivity contribution in [1.82, 2.24) is 14.6 Å². The summed E-state index contributed by atoms with van der Waals surface area (Å²) in [5, 5.41) is 11.8. The minimum absolute atomic E-state index is 0.0474. The van der Waals surface area contributed by atoms with Crippen LogP contribution in [0.5, 0.6) is 5.88 Å². The number of hydrogen-bond donors (Lipinski definition) is 3. The van der Waals surface area contributed by atoms with Crippen molar-refractivity contribution in [3.8, 4) is 17.0 Å². The molecule has 7 nitrogen and oxygen atoms in total. The van der Waals surface area contributed by atoms with Crippen molar-refractivity contribution in [3.05, 3.63) is 63.1 Å². The Labute approximate surface area is 190 Å². The van der Waals surface area contributed by atoms with Crippen molar-refractivity contribution < 1.29 is 5.11 Å².